The highest BCUT2D eigenvalue weighted by Crippen LogP contribution is 2.04. The van der Waals surface area contributed by atoms with Crippen molar-refractivity contribution in [1.82, 2.24) is 14.8 Å². The van der Waals surface area contributed by atoms with Crippen molar-refractivity contribution < 1.29 is 9.18 Å². The molecule has 0 unspecified atom stereocenters. The molecule has 0 aliphatic heterocycles. The molecule has 2 rings (SSSR count). The molecule has 0 bridgehead atoms. The summed E-state index contributed by atoms with van der Waals surface area (Å²) >= 11 is 0. The standard InChI is InChI=1S/C11H7FN4O/c12-9-3-1-8(2-4-9)10(17)6-16-7-14-11(5-13)15-16/h1-4,7H,6H2. The highest BCUT2D eigenvalue weighted by Gasteiger charge is 2.08. The SMILES string of the molecule is N#Cc1ncn(CC(=O)c2ccc(F)cc2)n1. The molecular weight excluding hydrogens is 223 g/mol. The van der Waals surface area contributed by atoms with Crippen LogP contribution >= 0.6 is 0 Å². The first-order chi connectivity index (χ1) is 8.19. The molecule has 17 heavy (non-hydrogen) atoms. The summed E-state index contributed by atoms with van der Waals surface area (Å²) in [5.74, 6) is -0.606. The predicted octanol–water partition coefficient (Wildman–Crippen LogP) is 1.17. The van der Waals surface area contributed by atoms with Crippen LogP contribution in [-0.4, -0.2) is 20.5 Å². The Labute approximate surface area is 96.1 Å². The number of carbonyl (C=O) groups is 1. The number of aromatic nitrogens is 3. The number of Topliss-reactive ketones (excluding diaryl/α,β-unsaturated/α-hetero) is 1. The number of nitrogens with zero attached hydrogens (tertiary/aromatic N) is 4. The zero-order valence-corrected chi connectivity index (χ0v) is 8.67. The fraction of sp³-hybridized carbons (Fsp3) is 0.0909. The maximum Gasteiger partial charge on any atom is 0.252 e. The van der Waals surface area contributed by atoms with Gasteiger partial charge in [-0.25, -0.2) is 14.1 Å². The largest absolute Gasteiger partial charge is 0.292 e. The Hall–Kier alpha value is -2.55. The van der Waals surface area contributed by atoms with Crippen LogP contribution in [0.2, 0.25) is 0 Å². The van der Waals surface area contributed by atoms with Crippen LogP contribution in [0, 0.1) is 17.1 Å². The van der Waals surface area contributed by atoms with Gasteiger partial charge < -0.3 is 0 Å². The Morgan fingerprint density at radius 2 is 2.12 bits per heavy atom. The summed E-state index contributed by atoms with van der Waals surface area (Å²) in [4.78, 5) is 15.4. The van der Waals surface area contributed by atoms with Crippen LogP contribution in [0.3, 0.4) is 0 Å². The monoisotopic (exact) mass is 230 g/mol. The molecule has 0 aliphatic carbocycles. The number of carbonyl (C=O) groups excluding carboxylic acids is 1. The lowest BCUT2D eigenvalue weighted by Crippen LogP contribution is -2.11. The van der Waals surface area contributed by atoms with Gasteiger partial charge in [0.1, 0.15) is 24.8 Å². The summed E-state index contributed by atoms with van der Waals surface area (Å²) in [6.07, 6.45) is 1.31. The van der Waals surface area contributed by atoms with Gasteiger partial charge in [0.15, 0.2) is 5.78 Å². The fourth-order valence-electron chi connectivity index (χ4n) is 1.30. The predicted molar refractivity (Wildman–Crippen MR) is 55.5 cm³/mol. The number of nitriles is 1. The van der Waals surface area contributed by atoms with Gasteiger partial charge >= 0.3 is 0 Å². The molecule has 84 valence electrons. The highest BCUT2D eigenvalue weighted by molar-refractivity contribution is 5.95. The van der Waals surface area contributed by atoms with Crippen molar-refractivity contribution in [3.8, 4) is 6.07 Å². The van der Waals surface area contributed by atoms with E-state index in [0.29, 0.717) is 5.56 Å². The lowest BCUT2D eigenvalue weighted by molar-refractivity contribution is 0.0967. The van der Waals surface area contributed by atoms with Gasteiger partial charge in [0.2, 0.25) is 0 Å². The normalized spacial score (nSPS) is 9.88. The molecule has 6 heteroatoms. The third-order valence-corrected chi connectivity index (χ3v) is 2.11. The minimum absolute atomic E-state index is 0.0110. The number of halogens is 1. The van der Waals surface area contributed by atoms with Gasteiger partial charge in [-0.2, -0.15) is 5.26 Å². The van der Waals surface area contributed by atoms with E-state index in [1.165, 1.54) is 35.3 Å². The van der Waals surface area contributed by atoms with Crippen molar-refractivity contribution in [2.75, 3.05) is 0 Å². The molecule has 0 radical (unpaired) electrons. The number of hydrogen-bond acceptors (Lipinski definition) is 4. The zero-order chi connectivity index (χ0) is 12.3. The van der Waals surface area contributed by atoms with E-state index < -0.39 is 5.82 Å². The summed E-state index contributed by atoms with van der Waals surface area (Å²) in [5.41, 5.74) is 0.389. The third kappa shape index (κ3) is 2.52. The minimum atomic E-state index is -0.394. The summed E-state index contributed by atoms with van der Waals surface area (Å²) in [5, 5.41) is 12.3. The van der Waals surface area contributed by atoms with E-state index in [2.05, 4.69) is 10.1 Å². The minimum Gasteiger partial charge on any atom is -0.292 e. The summed E-state index contributed by atoms with van der Waals surface area (Å²) in [7, 11) is 0. The van der Waals surface area contributed by atoms with Crippen LogP contribution in [0.1, 0.15) is 16.2 Å². The van der Waals surface area contributed by atoms with E-state index in [-0.39, 0.29) is 18.2 Å². The van der Waals surface area contributed by atoms with E-state index >= 15 is 0 Å². The van der Waals surface area contributed by atoms with Crippen molar-refractivity contribution in [3.63, 3.8) is 0 Å². The van der Waals surface area contributed by atoms with E-state index in [4.69, 9.17) is 5.26 Å². The van der Waals surface area contributed by atoms with Crippen LogP contribution in [0.15, 0.2) is 30.6 Å². The zero-order valence-electron chi connectivity index (χ0n) is 8.67. The molecule has 1 aromatic heterocycles. The Bertz CT molecular complexity index is 582. The van der Waals surface area contributed by atoms with Crippen LogP contribution in [0.5, 0.6) is 0 Å². The number of rotatable bonds is 3. The molecule has 5 nitrogen and oxygen atoms in total. The summed E-state index contributed by atoms with van der Waals surface area (Å²) < 4.78 is 13.9. The van der Waals surface area contributed by atoms with Crippen LogP contribution < -0.4 is 0 Å². The lowest BCUT2D eigenvalue weighted by Gasteiger charge is -2.00. The highest BCUT2D eigenvalue weighted by atomic mass is 19.1. The first kappa shape index (κ1) is 11.0. The first-order valence-corrected chi connectivity index (χ1v) is 4.77. The maximum atomic E-state index is 12.7. The third-order valence-electron chi connectivity index (χ3n) is 2.11. The van der Waals surface area contributed by atoms with Gasteiger partial charge in [-0.05, 0) is 24.3 Å². The molecule has 1 heterocycles. The number of hydrogen-bond donors (Lipinski definition) is 0. The van der Waals surface area contributed by atoms with Crippen molar-refractivity contribution in [3.05, 3.63) is 47.8 Å². The van der Waals surface area contributed by atoms with Gasteiger partial charge in [-0.15, -0.1) is 5.10 Å². The molecule has 0 amide bonds. The fourth-order valence-corrected chi connectivity index (χ4v) is 1.30. The molecule has 2 aromatic rings. The molecule has 0 atom stereocenters. The lowest BCUT2D eigenvalue weighted by atomic mass is 10.1. The second kappa shape index (κ2) is 4.53. The smallest absolute Gasteiger partial charge is 0.252 e. The summed E-state index contributed by atoms with van der Waals surface area (Å²) in [6, 6.07) is 7.00. The average molecular weight is 230 g/mol. The molecule has 0 fully saturated rings. The second-order valence-corrected chi connectivity index (χ2v) is 3.31. The van der Waals surface area contributed by atoms with Crippen molar-refractivity contribution in [2.24, 2.45) is 0 Å². The van der Waals surface area contributed by atoms with Crippen LogP contribution in [-0.2, 0) is 6.54 Å². The molecule has 1 aromatic carbocycles. The number of benzene rings is 1. The summed E-state index contributed by atoms with van der Waals surface area (Å²) in [6.45, 7) is -0.0275. The first-order valence-electron chi connectivity index (χ1n) is 4.77. The molecule has 0 saturated carbocycles. The molecular formula is C11H7FN4O. The number of ketones is 1. The van der Waals surface area contributed by atoms with Crippen LogP contribution in [0.4, 0.5) is 4.39 Å². The van der Waals surface area contributed by atoms with Gasteiger partial charge in [0.05, 0.1) is 0 Å². The van der Waals surface area contributed by atoms with Crippen molar-refractivity contribution in [2.45, 2.75) is 6.54 Å². The Kier molecular flexibility index (Phi) is 2.92. The van der Waals surface area contributed by atoms with Gasteiger partial charge in [0, 0.05) is 5.56 Å². The van der Waals surface area contributed by atoms with Gasteiger partial charge in [-0.3, -0.25) is 4.79 Å². The molecule has 0 N–H and O–H groups in total. The Morgan fingerprint density at radius 1 is 1.41 bits per heavy atom. The van der Waals surface area contributed by atoms with E-state index in [1.54, 1.807) is 6.07 Å². The Morgan fingerprint density at radius 3 is 2.71 bits per heavy atom. The Balaban J connectivity index is 2.11. The van der Waals surface area contributed by atoms with Gasteiger partial charge in [-0.1, -0.05) is 0 Å². The quantitative estimate of drug-likeness (QED) is 0.742. The van der Waals surface area contributed by atoms with Crippen LogP contribution in [0.25, 0.3) is 0 Å². The molecule has 0 spiro atoms. The van der Waals surface area contributed by atoms with Gasteiger partial charge in [0.25, 0.3) is 5.82 Å². The topological polar surface area (TPSA) is 71.6 Å². The van der Waals surface area contributed by atoms with Crippen molar-refractivity contribution >= 4 is 5.78 Å². The average Bonchev–Trinajstić information content (AvgIpc) is 2.77. The maximum absolute atomic E-state index is 12.7. The van der Waals surface area contributed by atoms with Crippen molar-refractivity contribution in [1.29, 1.82) is 5.26 Å². The molecule has 0 saturated heterocycles. The molecule has 0 aliphatic rings. The second-order valence-electron chi connectivity index (χ2n) is 3.31. The van der Waals surface area contributed by atoms with E-state index in [0.717, 1.165) is 0 Å². The van der Waals surface area contributed by atoms with E-state index in [1.807, 2.05) is 0 Å². The van der Waals surface area contributed by atoms with E-state index in [9.17, 15) is 9.18 Å².